The van der Waals surface area contributed by atoms with Gasteiger partial charge in [-0.3, -0.25) is 14.3 Å². The number of carbonyl (C=O) groups is 2. The molecule has 2 amide bonds. The number of hydrogen-bond donors (Lipinski definition) is 1. The number of amides is 2. The van der Waals surface area contributed by atoms with Gasteiger partial charge in [0.2, 0.25) is 5.91 Å². The van der Waals surface area contributed by atoms with Crippen LogP contribution < -0.4 is 5.32 Å². The first-order valence-corrected chi connectivity index (χ1v) is 12.0. The second-order valence-corrected chi connectivity index (χ2v) is 9.24. The molecule has 176 valence electrons. The van der Waals surface area contributed by atoms with E-state index in [-0.39, 0.29) is 29.6 Å². The summed E-state index contributed by atoms with van der Waals surface area (Å²) >= 11 is 0. The van der Waals surface area contributed by atoms with Gasteiger partial charge in [-0.05, 0) is 61.9 Å². The van der Waals surface area contributed by atoms with E-state index in [0.717, 1.165) is 44.2 Å². The van der Waals surface area contributed by atoms with Gasteiger partial charge in [0.15, 0.2) is 0 Å². The smallest absolute Gasteiger partial charge is 0.253 e. The first kappa shape index (κ1) is 22.3. The van der Waals surface area contributed by atoms with Crippen molar-refractivity contribution in [3.05, 3.63) is 89.0 Å². The summed E-state index contributed by atoms with van der Waals surface area (Å²) in [6, 6.07) is 15.8. The molecule has 1 aliphatic carbocycles. The van der Waals surface area contributed by atoms with Crippen LogP contribution in [0.5, 0.6) is 0 Å². The third kappa shape index (κ3) is 4.74. The van der Waals surface area contributed by atoms with Crippen molar-refractivity contribution in [1.29, 1.82) is 0 Å². The average molecular weight is 461 g/mol. The van der Waals surface area contributed by atoms with Crippen molar-refractivity contribution in [2.24, 2.45) is 5.92 Å². The standard InChI is InChI=1S/C27H29FN4O2/c28-22-13-11-20(12-14-22)27(34)31-15-5-8-21(18-31)26(33)30-24-9-4-10-25-23(24)16-29-32(25)17-19-6-2-1-3-7-19/h1-3,6-7,11-14,16,21,24H,4-5,8-10,15,17-18H2,(H,30,33). The Morgan fingerprint density at radius 3 is 2.62 bits per heavy atom. The maximum Gasteiger partial charge on any atom is 0.253 e. The minimum Gasteiger partial charge on any atom is -0.349 e. The summed E-state index contributed by atoms with van der Waals surface area (Å²) in [7, 11) is 0. The Balaban J connectivity index is 1.24. The molecule has 2 aliphatic rings. The zero-order chi connectivity index (χ0) is 23.5. The van der Waals surface area contributed by atoms with Crippen LogP contribution in [0.2, 0.25) is 0 Å². The Labute approximate surface area is 198 Å². The summed E-state index contributed by atoms with van der Waals surface area (Å²) in [6.45, 7) is 1.72. The number of piperidine rings is 1. The lowest BCUT2D eigenvalue weighted by atomic mass is 9.91. The van der Waals surface area contributed by atoms with E-state index in [0.29, 0.717) is 18.7 Å². The zero-order valence-electron chi connectivity index (χ0n) is 19.1. The summed E-state index contributed by atoms with van der Waals surface area (Å²) < 4.78 is 15.3. The van der Waals surface area contributed by atoms with Gasteiger partial charge in [0.25, 0.3) is 5.91 Å². The Bertz CT molecular complexity index is 1160. The molecule has 2 atom stereocenters. The second-order valence-electron chi connectivity index (χ2n) is 9.24. The van der Waals surface area contributed by atoms with Crippen LogP contribution in [-0.4, -0.2) is 39.6 Å². The number of nitrogens with one attached hydrogen (secondary N) is 1. The van der Waals surface area contributed by atoms with Gasteiger partial charge < -0.3 is 10.2 Å². The van der Waals surface area contributed by atoms with Crippen molar-refractivity contribution in [1.82, 2.24) is 20.0 Å². The largest absolute Gasteiger partial charge is 0.349 e. The van der Waals surface area contributed by atoms with Crippen LogP contribution >= 0.6 is 0 Å². The third-order valence-corrected chi connectivity index (χ3v) is 6.93. The molecule has 1 aromatic heterocycles. The number of carbonyl (C=O) groups excluding carboxylic acids is 2. The maximum atomic E-state index is 13.2. The number of hydrogen-bond acceptors (Lipinski definition) is 3. The number of fused-ring (bicyclic) bond motifs is 1. The molecule has 1 fully saturated rings. The molecule has 2 unspecified atom stereocenters. The number of halogens is 1. The highest BCUT2D eigenvalue weighted by Crippen LogP contribution is 2.31. The molecule has 0 bridgehead atoms. The van der Waals surface area contributed by atoms with Crippen molar-refractivity contribution in [2.75, 3.05) is 13.1 Å². The fraction of sp³-hybridized carbons (Fsp3) is 0.370. The Hall–Kier alpha value is -3.48. The van der Waals surface area contributed by atoms with Gasteiger partial charge in [-0.25, -0.2) is 4.39 Å². The van der Waals surface area contributed by atoms with E-state index in [1.807, 2.05) is 29.1 Å². The van der Waals surface area contributed by atoms with Crippen molar-refractivity contribution in [2.45, 2.75) is 44.7 Å². The van der Waals surface area contributed by atoms with Gasteiger partial charge in [0, 0.05) is 29.9 Å². The Morgan fingerprint density at radius 2 is 1.82 bits per heavy atom. The molecule has 5 rings (SSSR count). The highest BCUT2D eigenvalue weighted by atomic mass is 19.1. The van der Waals surface area contributed by atoms with Gasteiger partial charge in [-0.15, -0.1) is 0 Å². The fourth-order valence-electron chi connectivity index (χ4n) is 5.10. The van der Waals surface area contributed by atoms with Crippen LogP contribution in [-0.2, 0) is 17.8 Å². The summed E-state index contributed by atoms with van der Waals surface area (Å²) in [4.78, 5) is 27.8. The van der Waals surface area contributed by atoms with Crippen molar-refractivity contribution < 1.29 is 14.0 Å². The van der Waals surface area contributed by atoms with Crippen LogP contribution in [0.15, 0.2) is 60.8 Å². The minimum absolute atomic E-state index is 0.00901. The van der Waals surface area contributed by atoms with Gasteiger partial charge in [0.05, 0.1) is 24.7 Å². The predicted octanol–water partition coefficient (Wildman–Crippen LogP) is 4.12. The maximum absolute atomic E-state index is 13.2. The van der Waals surface area contributed by atoms with E-state index >= 15 is 0 Å². The van der Waals surface area contributed by atoms with Crippen molar-refractivity contribution >= 4 is 11.8 Å². The highest BCUT2D eigenvalue weighted by molar-refractivity contribution is 5.94. The zero-order valence-corrected chi connectivity index (χ0v) is 19.1. The number of aromatic nitrogens is 2. The molecule has 7 heteroatoms. The lowest BCUT2D eigenvalue weighted by Crippen LogP contribution is -2.46. The SMILES string of the molecule is O=C(NC1CCCc2c1cnn2Cc1ccccc1)C1CCCN(C(=O)c2ccc(F)cc2)C1. The molecule has 6 nitrogen and oxygen atoms in total. The van der Waals surface area contributed by atoms with Crippen LogP contribution in [0.1, 0.15) is 58.9 Å². The summed E-state index contributed by atoms with van der Waals surface area (Å²) in [5.41, 5.74) is 3.95. The molecule has 3 aromatic rings. The molecule has 0 radical (unpaired) electrons. The molecule has 1 saturated heterocycles. The summed E-state index contributed by atoms with van der Waals surface area (Å²) in [6.07, 6.45) is 6.27. The first-order valence-electron chi connectivity index (χ1n) is 12.0. The topological polar surface area (TPSA) is 67.2 Å². The average Bonchev–Trinajstić information content (AvgIpc) is 3.28. The lowest BCUT2D eigenvalue weighted by molar-refractivity contribution is -0.127. The lowest BCUT2D eigenvalue weighted by Gasteiger charge is -2.33. The number of nitrogens with zero attached hydrogens (tertiary/aromatic N) is 3. The molecule has 0 saturated carbocycles. The van der Waals surface area contributed by atoms with Crippen LogP contribution in [0, 0.1) is 11.7 Å². The second kappa shape index (κ2) is 9.79. The van der Waals surface area contributed by atoms with E-state index in [9.17, 15) is 14.0 Å². The minimum atomic E-state index is -0.369. The Kier molecular flexibility index (Phi) is 6.43. The molecule has 2 heterocycles. The first-order chi connectivity index (χ1) is 16.6. The normalized spacial score (nSPS) is 20.0. The third-order valence-electron chi connectivity index (χ3n) is 6.93. The van der Waals surface area contributed by atoms with Crippen LogP contribution in [0.25, 0.3) is 0 Å². The van der Waals surface area contributed by atoms with Crippen molar-refractivity contribution in [3.63, 3.8) is 0 Å². The predicted molar refractivity (Wildman–Crippen MR) is 127 cm³/mol. The number of likely N-dealkylation sites (tertiary alicyclic amines) is 1. The highest BCUT2D eigenvalue weighted by Gasteiger charge is 2.32. The monoisotopic (exact) mass is 460 g/mol. The summed E-state index contributed by atoms with van der Waals surface area (Å²) in [5, 5.41) is 7.87. The molecule has 0 spiro atoms. The van der Waals surface area contributed by atoms with E-state index in [1.54, 1.807) is 4.90 Å². The Morgan fingerprint density at radius 1 is 1.03 bits per heavy atom. The molecular formula is C27H29FN4O2. The van der Waals surface area contributed by atoms with Gasteiger partial charge in [0.1, 0.15) is 5.82 Å². The summed E-state index contributed by atoms with van der Waals surface area (Å²) in [5.74, 6) is -0.779. The van der Waals surface area contributed by atoms with Crippen molar-refractivity contribution in [3.8, 4) is 0 Å². The number of rotatable bonds is 5. The van der Waals surface area contributed by atoms with E-state index < -0.39 is 0 Å². The fourth-order valence-corrected chi connectivity index (χ4v) is 5.10. The van der Waals surface area contributed by atoms with Gasteiger partial charge in [-0.2, -0.15) is 5.10 Å². The van der Waals surface area contributed by atoms with Gasteiger partial charge in [-0.1, -0.05) is 30.3 Å². The van der Waals surface area contributed by atoms with E-state index in [2.05, 4.69) is 22.5 Å². The molecule has 1 N–H and O–H groups in total. The molecule has 1 aliphatic heterocycles. The molecule has 2 aromatic carbocycles. The molecule has 34 heavy (non-hydrogen) atoms. The quantitative estimate of drug-likeness (QED) is 0.623. The van der Waals surface area contributed by atoms with Gasteiger partial charge >= 0.3 is 0 Å². The van der Waals surface area contributed by atoms with Crippen LogP contribution in [0.3, 0.4) is 0 Å². The van der Waals surface area contributed by atoms with E-state index in [1.165, 1.54) is 35.5 Å². The van der Waals surface area contributed by atoms with Crippen LogP contribution in [0.4, 0.5) is 4.39 Å². The van der Waals surface area contributed by atoms with E-state index in [4.69, 9.17) is 0 Å². The molecular weight excluding hydrogens is 431 g/mol. The number of benzene rings is 2.